The van der Waals surface area contributed by atoms with Crippen LogP contribution in [0.15, 0.2) is 47.1 Å². The van der Waals surface area contributed by atoms with Gasteiger partial charge < -0.3 is 0 Å². The zero-order valence-electron chi connectivity index (χ0n) is 26.0. The maximum atomic E-state index is 13.0. The summed E-state index contributed by atoms with van der Waals surface area (Å²) in [6, 6.07) is 0. The minimum Gasteiger partial charge on any atom is -0.300 e. The van der Waals surface area contributed by atoms with E-state index in [1.54, 1.807) is 0 Å². The van der Waals surface area contributed by atoms with Gasteiger partial charge in [0.1, 0.15) is 11.6 Å². The Labute approximate surface area is 235 Å². The van der Waals surface area contributed by atoms with Gasteiger partial charge in [0.05, 0.1) is 6.42 Å². The first-order valence-corrected chi connectivity index (χ1v) is 15.5. The molecule has 38 heavy (non-hydrogen) atoms. The fourth-order valence-corrected chi connectivity index (χ4v) is 5.46. The van der Waals surface area contributed by atoms with Crippen LogP contribution in [-0.4, -0.2) is 17.3 Å². The van der Waals surface area contributed by atoms with E-state index in [0.29, 0.717) is 12.3 Å². The van der Waals surface area contributed by atoms with Gasteiger partial charge in [0.2, 0.25) is 0 Å². The summed E-state index contributed by atoms with van der Waals surface area (Å²) in [5.74, 6) is 0.867. The highest BCUT2D eigenvalue weighted by molar-refractivity contribution is 5.99. The van der Waals surface area contributed by atoms with Crippen molar-refractivity contribution in [2.75, 3.05) is 0 Å². The molecule has 1 fully saturated rings. The van der Waals surface area contributed by atoms with Gasteiger partial charge in [-0.2, -0.15) is 0 Å². The van der Waals surface area contributed by atoms with E-state index in [1.165, 1.54) is 18.9 Å². The molecule has 0 radical (unpaired) electrons. The van der Waals surface area contributed by atoms with E-state index >= 15 is 0 Å². The summed E-state index contributed by atoms with van der Waals surface area (Å²) in [7, 11) is 0. The Balaban J connectivity index is 0.00000434. The first-order chi connectivity index (χ1) is 18.2. The van der Waals surface area contributed by atoms with Crippen molar-refractivity contribution >= 4 is 17.3 Å². The number of rotatable bonds is 16. The second-order valence-electron chi connectivity index (χ2n) is 11.0. The predicted octanol–water partition coefficient (Wildman–Crippen LogP) is 10.1. The maximum absolute atomic E-state index is 13.0. The Morgan fingerprint density at radius 1 is 0.974 bits per heavy atom. The van der Waals surface area contributed by atoms with E-state index < -0.39 is 0 Å². The molecule has 0 aromatic carbocycles. The Hall–Kier alpha value is -2.03. The van der Waals surface area contributed by atoms with Crippen molar-refractivity contribution in [2.24, 2.45) is 17.8 Å². The number of carbonyl (C=O) groups excluding carboxylic acids is 3. The topological polar surface area (TPSA) is 51.2 Å². The predicted molar refractivity (Wildman–Crippen MR) is 164 cm³/mol. The minimum absolute atomic E-state index is 0.0474. The van der Waals surface area contributed by atoms with Crippen molar-refractivity contribution in [2.45, 2.75) is 139 Å². The molecule has 0 N–H and O–H groups in total. The quantitative estimate of drug-likeness (QED) is 0.0870. The molecule has 0 spiro atoms. The zero-order chi connectivity index (χ0) is 28.9. The van der Waals surface area contributed by atoms with Crippen molar-refractivity contribution in [3.63, 3.8) is 0 Å². The Kier molecular flexibility index (Phi) is 20.7. The lowest BCUT2D eigenvalue weighted by Gasteiger charge is -2.31. The normalized spacial score (nSPS) is 19.3. The molecule has 1 aliphatic rings. The maximum Gasteiger partial charge on any atom is 0.159 e. The van der Waals surface area contributed by atoms with Gasteiger partial charge in [-0.05, 0) is 88.2 Å². The van der Waals surface area contributed by atoms with Gasteiger partial charge in [0.15, 0.2) is 5.78 Å². The van der Waals surface area contributed by atoms with Gasteiger partial charge in [-0.1, -0.05) is 96.8 Å². The third-order valence-corrected chi connectivity index (χ3v) is 7.30. The molecular formula is C35H58O3. The highest BCUT2D eigenvalue weighted by Gasteiger charge is 2.32. The largest absolute Gasteiger partial charge is 0.300 e. The summed E-state index contributed by atoms with van der Waals surface area (Å²) < 4.78 is 0. The van der Waals surface area contributed by atoms with Crippen LogP contribution in [0.2, 0.25) is 0 Å². The molecule has 0 amide bonds. The van der Waals surface area contributed by atoms with Crippen molar-refractivity contribution in [1.82, 2.24) is 0 Å². The number of allylic oxidation sites excluding steroid dienone is 8. The molecule has 3 heteroatoms. The zero-order valence-corrected chi connectivity index (χ0v) is 26.0. The molecule has 3 atom stereocenters. The van der Waals surface area contributed by atoms with Crippen LogP contribution in [0.3, 0.4) is 0 Å². The van der Waals surface area contributed by atoms with Crippen molar-refractivity contribution in [3.05, 3.63) is 47.1 Å². The monoisotopic (exact) mass is 526 g/mol. The molecule has 0 saturated heterocycles. The average molecular weight is 527 g/mol. The Morgan fingerprint density at radius 3 is 2.11 bits per heavy atom. The van der Waals surface area contributed by atoms with Crippen LogP contribution in [0, 0.1) is 17.8 Å². The van der Waals surface area contributed by atoms with Crippen LogP contribution in [-0.2, 0) is 14.4 Å². The van der Waals surface area contributed by atoms with E-state index in [9.17, 15) is 14.4 Å². The van der Waals surface area contributed by atoms with Gasteiger partial charge >= 0.3 is 0 Å². The third kappa shape index (κ3) is 14.8. The first kappa shape index (κ1) is 36.0. The van der Waals surface area contributed by atoms with Crippen LogP contribution >= 0.6 is 0 Å². The summed E-state index contributed by atoms with van der Waals surface area (Å²) in [5.41, 5.74) is 3.48. The van der Waals surface area contributed by atoms with E-state index in [0.717, 1.165) is 75.4 Å². The van der Waals surface area contributed by atoms with Gasteiger partial charge in [-0.15, -0.1) is 0 Å². The van der Waals surface area contributed by atoms with Crippen molar-refractivity contribution < 1.29 is 14.4 Å². The van der Waals surface area contributed by atoms with Crippen LogP contribution in [0.5, 0.6) is 0 Å². The molecule has 0 aromatic heterocycles. The molecule has 1 aliphatic carbocycles. The summed E-state index contributed by atoms with van der Waals surface area (Å²) in [4.78, 5) is 37.2. The number of unbranched alkanes of at least 4 members (excludes halogenated alkanes) is 1. The molecule has 0 heterocycles. The fourth-order valence-electron chi connectivity index (χ4n) is 5.46. The fraction of sp³-hybridized carbons (Fsp3) is 0.686. The van der Waals surface area contributed by atoms with E-state index in [1.807, 2.05) is 6.92 Å². The number of ketones is 3. The molecule has 216 valence electrons. The highest BCUT2D eigenvalue weighted by atomic mass is 16.1. The Bertz CT molecular complexity index is 824. The molecule has 3 nitrogen and oxygen atoms in total. The molecule has 3 unspecified atom stereocenters. The molecule has 0 aliphatic heterocycles. The van der Waals surface area contributed by atoms with Gasteiger partial charge in [-0.3, -0.25) is 14.4 Å². The van der Waals surface area contributed by atoms with Crippen molar-refractivity contribution in [3.8, 4) is 0 Å². The van der Waals surface area contributed by atoms with Gasteiger partial charge in [0.25, 0.3) is 0 Å². The number of Topliss-reactive ketones (excluding diaryl/α,β-unsaturated/α-hetero) is 3. The van der Waals surface area contributed by atoms with Gasteiger partial charge in [-0.25, -0.2) is 0 Å². The molecule has 1 saturated carbocycles. The summed E-state index contributed by atoms with van der Waals surface area (Å²) >= 11 is 0. The first-order valence-electron chi connectivity index (χ1n) is 15.5. The lowest BCUT2D eigenvalue weighted by molar-refractivity contribution is -0.129. The molecular weight excluding hydrogens is 468 g/mol. The second kappa shape index (κ2) is 21.9. The average Bonchev–Trinajstić information content (AvgIpc) is 2.86. The minimum atomic E-state index is -0.0597. The van der Waals surface area contributed by atoms with E-state index in [-0.39, 0.29) is 35.6 Å². The van der Waals surface area contributed by atoms with Gasteiger partial charge in [0, 0.05) is 12.3 Å². The summed E-state index contributed by atoms with van der Waals surface area (Å²) in [6.45, 7) is 16.4. The van der Waals surface area contributed by atoms with Crippen molar-refractivity contribution in [1.29, 1.82) is 0 Å². The molecule has 1 rings (SSSR count). The van der Waals surface area contributed by atoms with E-state index in [4.69, 9.17) is 0 Å². The molecule has 0 aromatic rings. The van der Waals surface area contributed by atoms with Crippen LogP contribution in [0.4, 0.5) is 0 Å². The van der Waals surface area contributed by atoms with E-state index in [2.05, 4.69) is 71.9 Å². The Morgan fingerprint density at radius 2 is 1.61 bits per heavy atom. The summed E-state index contributed by atoms with van der Waals surface area (Å²) in [5, 5.41) is 0. The van der Waals surface area contributed by atoms with Crippen LogP contribution < -0.4 is 0 Å². The summed E-state index contributed by atoms with van der Waals surface area (Å²) in [6.07, 6.45) is 22.6. The SMILES string of the molecule is CC/C=C(\C=C/CC/C=C\C(C)=C1/CCC(CC(CCC)C(CC)C(=O)CC(C)=O)CC1=O)CC.CCC. The highest BCUT2D eigenvalue weighted by Crippen LogP contribution is 2.36. The van der Waals surface area contributed by atoms with Crippen LogP contribution in [0.1, 0.15) is 139 Å². The smallest absolute Gasteiger partial charge is 0.159 e. The lowest BCUT2D eigenvalue weighted by atomic mass is 9.72. The van der Waals surface area contributed by atoms with Crippen LogP contribution in [0.25, 0.3) is 0 Å². The number of hydrogen-bond donors (Lipinski definition) is 0. The second-order valence-corrected chi connectivity index (χ2v) is 11.0. The lowest BCUT2D eigenvalue weighted by Crippen LogP contribution is -2.29. The third-order valence-electron chi connectivity index (χ3n) is 7.30. The number of hydrogen-bond acceptors (Lipinski definition) is 3. The standard InChI is InChI=1S/C32H50O3.C3H8/c1-7-15-26(9-3)18-14-12-11-13-17-24(5)30-20-19-27(23-32(30)35)22-28(16-8-2)29(10-4)31(34)21-25(6)33;1-3-2/h13-15,17-18,27-29H,7-12,16,19-23H2,1-6H3;3H2,1-2H3/b17-13-,18-14-,26-15-,30-24+;. The molecule has 0 bridgehead atoms. The number of carbonyl (C=O) groups is 3.